The lowest BCUT2D eigenvalue weighted by atomic mass is 9.94. The van der Waals surface area contributed by atoms with Gasteiger partial charge in [0.1, 0.15) is 0 Å². The van der Waals surface area contributed by atoms with Crippen molar-refractivity contribution in [2.24, 2.45) is 0 Å². The molecule has 234 valence electrons. The Morgan fingerprint density at radius 2 is 0.923 bits per heavy atom. The molecule has 0 rings (SSSR count). The van der Waals surface area contributed by atoms with E-state index in [9.17, 15) is 57.5 Å². The summed E-state index contributed by atoms with van der Waals surface area (Å²) in [6.07, 6.45) is 8.70. The van der Waals surface area contributed by atoms with E-state index in [-0.39, 0.29) is 6.42 Å². The molecule has 0 spiro atoms. The first-order valence-electron chi connectivity index (χ1n) is 13.2. The lowest BCUT2D eigenvalue weighted by molar-refractivity contribution is -0.414. The van der Waals surface area contributed by atoms with Gasteiger partial charge in [0.25, 0.3) is 0 Å². The monoisotopic (exact) mass is 598 g/mol. The predicted molar refractivity (Wildman–Crippen MR) is 121 cm³/mol. The summed E-state index contributed by atoms with van der Waals surface area (Å²) in [5.41, 5.74) is 0. The number of alkyl halides is 12. The van der Waals surface area contributed by atoms with Crippen molar-refractivity contribution in [3.63, 3.8) is 0 Å². The third kappa shape index (κ3) is 10.8. The molecule has 0 N–H and O–H groups in total. The van der Waals surface area contributed by atoms with Gasteiger partial charge in [-0.1, -0.05) is 96.8 Å². The highest BCUT2D eigenvalue weighted by atomic mass is 19.4. The smallest absolute Gasteiger partial charge is 0.384 e. The van der Waals surface area contributed by atoms with Crippen LogP contribution in [0.4, 0.5) is 52.7 Å². The Morgan fingerprint density at radius 1 is 0.564 bits per heavy atom. The molecule has 0 heterocycles. The number of esters is 1. The van der Waals surface area contributed by atoms with Crippen LogP contribution in [-0.4, -0.2) is 48.6 Å². The molecule has 0 radical (unpaired) electrons. The van der Waals surface area contributed by atoms with Crippen LogP contribution in [0.15, 0.2) is 0 Å². The number of hydrogen-bond acceptors (Lipinski definition) is 2. The van der Waals surface area contributed by atoms with Crippen molar-refractivity contribution in [3.8, 4) is 0 Å². The molecule has 0 aliphatic heterocycles. The fourth-order valence-electron chi connectivity index (χ4n) is 3.75. The Labute approximate surface area is 221 Å². The normalized spacial score (nSPS) is 13.8. The third-order valence-corrected chi connectivity index (χ3v) is 6.34. The predicted octanol–water partition coefficient (Wildman–Crippen LogP) is 10.2. The number of unbranched alkanes of at least 4 members (excludes halogenated alkanes) is 14. The SMILES string of the molecule is CCCCCCCCCCCCCCCCCC(=O)OCC(F)(F)C(F)(F)C(F)(F)C(F)(F)C(F)(F)C(F)F. The summed E-state index contributed by atoms with van der Waals surface area (Å²) in [6.45, 7) is -0.679. The average molecular weight is 599 g/mol. The van der Waals surface area contributed by atoms with Gasteiger partial charge >= 0.3 is 42.0 Å². The summed E-state index contributed by atoms with van der Waals surface area (Å²) < 4.78 is 161. The van der Waals surface area contributed by atoms with Crippen LogP contribution >= 0.6 is 0 Å². The summed E-state index contributed by atoms with van der Waals surface area (Å²) in [7, 11) is 0. The number of carbonyl (C=O) groups is 1. The van der Waals surface area contributed by atoms with E-state index in [0.29, 0.717) is 12.8 Å². The first kappa shape index (κ1) is 37.6. The van der Waals surface area contributed by atoms with Gasteiger partial charge in [0.2, 0.25) is 0 Å². The van der Waals surface area contributed by atoms with Crippen molar-refractivity contribution in [2.45, 2.75) is 146 Å². The van der Waals surface area contributed by atoms with Crippen LogP contribution < -0.4 is 0 Å². The molecule has 39 heavy (non-hydrogen) atoms. The molecule has 0 aliphatic carbocycles. The third-order valence-electron chi connectivity index (χ3n) is 6.34. The van der Waals surface area contributed by atoms with Gasteiger partial charge in [0.15, 0.2) is 6.61 Å². The van der Waals surface area contributed by atoms with Gasteiger partial charge in [-0.15, -0.1) is 0 Å². The van der Waals surface area contributed by atoms with Crippen LogP contribution in [0.3, 0.4) is 0 Å². The van der Waals surface area contributed by atoms with Gasteiger partial charge in [-0.25, -0.2) is 8.78 Å². The molecule has 0 saturated heterocycles. The van der Waals surface area contributed by atoms with Crippen molar-refractivity contribution in [2.75, 3.05) is 6.61 Å². The Balaban J connectivity index is 4.31. The fourth-order valence-corrected chi connectivity index (χ4v) is 3.75. The van der Waals surface area contributed by atoms with Crippen LogP contribution in [0, 0.1) is 0 Å². The standard InChI is InChI=1S/C25H38F12O2/c1-2-3-4-5-6-7-8-9-10-11-12-13-14-15-16-17-19(38)39-18-21(28,29)23(32,33)25(36,37)24(34,35)22(30,31)20(26)27/h20H,2-18H2,1H3. The zero-order valence-electron chi connectivity index (χ0n) is 22.0. The Hall–Kier alpha value is -1.37. The van der Waals surface area contributed by atoms with Crippen LogP contribution in [0.2, 0.25) is 0 Å². The van der Waals surface area contributed by atoms with Gasteiger partial charge in [-0.3, -0.25) is 4.79 Å². The van der Waals surface area contributed by atoms with E-state index in [4.69, 9.17) is 0 Å². The maximum Gasteiger partial charge on any atom is 0.384 e. The first-order chi connectivity index (χ1) is 17.9. The highest BCUT2D eigenvalue weighted by Crippen LogP contribution is 2.58. The van der Waals surface area contributed by atoms with Crippen molar-refractivity contribution >= 4 is 5.97 Å². The molecule has 0 fully saturated rings. The zero-order valence-corrected chi connectivity index (χ0v) is 22.0. The minimum Gasteiger partial charge on any atom is -0.459 e. The van der Waals surface area contributed by atoms with E-state index >= 15 is 0 Å². The molecule has 0 saturated carbocycles. The summed E-state index contributed by atoms with van der Waals surface area (Å²) in [6, 6.07) is 0. The zero-order chi connectivity index (χ0) is 30.4. The maximum atomic E-state index is 13.6. The van der Waals surface area contributed by atoms with E-state index in [0.717, 1.165) is 32.1 Å². The molecule has 0 aromatic heterocycles. The molecule has 0 aromatic rings. The molecule has 0 aliphatic rings. The summed E-state index contributed by atoms with van der Waals surface area (Å²) in [4.78, 5) is 11.5. The van der Waals surface area contributed by atoms with Gasteiger partial charge in [0, 0.05) is 6.42 Å². The van der Waals surface area contributed by atoms with E-state index in [2.05, 4.69) is 11.7 Å². The largest absolute Gasteiger partial charge is 0.459 e. The highest BCUT2D eigenvalue weighted by Gasteiger charge is 2.87. The summed E-state index contributed by atoms with van der Waals surface area (Å²) in [5, 5.41) is 0. The van der Waals surface area contributed by atoms with Crippen LogP contribution in [0.1, 0.15) is 110 Å². The second-order valence-electron chi connectivity index (χ2n) is 9.71. The quantitative estimate of drug-likeness (QED) is 0.0665. The number of ether oxygens (including phenoxy) is 1. The van der Waals surface area contributed by atoms with Crippen molar-refractivity contribution in [3.05, 3.63) is 0 Å². The van der Waals surface area contributed by atoms with Crippen molar-refractivity contribution in [1.29, 1.82) is 0 Å². The number of rotatable bonds is 23. The van der Waals surface area contributed by atoms with Gasteiger partial charge in [-0.2, -0.15) is 43.9 Å². The minimum atomic E-state index is -7.62. The molecule has 2 nitrogen and oxygen atoms in total. The second-order valence-corrected chi connectivity index (χ2v) is 9.71. The van der Waals surface area contributed by atoms with E-state index < -0.39 is 55.0 Å². The van der Waals surface area contributed by atoms with Gasteiger partial charge < -0.3 is 4.74 Å². The molecular weight excluding hydrogens is 560 g/mol. The second kappa shape index (κ2) is 16.8. The van der Waals surface area contributed by atoms with E-state index in [1.165, 1.54) is 44.9 Å². The van der Waals surface area contributed by atoms with Gasteiger partial charge in [-0.05, 0) is 6.42 Å². The van der Waals surface area contributed by atoms with E-state index in [1.54, 1.807) is 0 Å². The number of halogens is 12. The lowest BCUT2D eigenvalue weighted by Crippen LogP contribution is -2.69. The average Bonchev–Trinajstić information content (AvgIpc) is 2.84. The van der Waals surface area contributed by atoms with Crippen LogP contribution in [-0.2, 0) is 9.53 Å². The number of hydrogen-bond donors (Lipinski definition) is 0. The first-order valence-corrected chi connectivity index (χ1v) is 13.2. The lowest BCUT2D eigenvalue weighted by Gasteiger charge is -2.38. The molecule has 0 amide bonds. The van der Waals surface area contributed by atoms with Crippen LogP contribution in [0.5, 0.6) is 0 Å². The fraction of sp³-hybridized carbons (Fsp3) is 0.960. The minimum absolute atomic E-state index is 0.0771. The molecule has 0 bridgehead atoms. The van der Waals surface area contributed by atoms with Gasteiger partial charge in [0.05, 0.1) is 0 Å². The Morgan fingerprint density at radius 3 is 1.28 bits per heavy atom. The van der Waals surface area contributed by atoms with Crippen molar-refractivity contribution in [1.82, 2.24) is 0 Å². The molecule has 0 unspecified atom stereocenters. The van der Waals surface area contributed by atoms with Crippen LogP contribution in [0.25, 0.3) is 0 Å². The molecule has 0 atom stereocenters. The van der Waals surface area contributed by atoms with E-state index in [1.807, 2.05) is 0 Å². The molecular formula is C25H38F12O2. The van der Waals surface area contributed by atoms with Crippen molar-refractivity contribution < 1.29 is 62.2 Å². The topological polar surface area (TPSA) is 26.3 Å². The molecule has 14 heteroatoms. The Kier molecular flexibility index (Phi) is 16.2. The highest BCUT2D eigenvalue weighted by molar-refractivity contribution is 5.69. The summed E-state index contributed by atoms with van der Waals surface area (Å²) >= 11 is 0. The Bertz CT molecular complexity index is 684. The molecule has 0 aromatic carbocycles. The number of carbonyl (C=O) groups excluding carboxylic acids is 1. The summed E-state index contributed by atoms with van der Waals surface area (Å²) in [5.74, 6) is -37.3. The maximum absolute atomic E-state index is 13.6.